The molecule has 0 bridgehead atoms. The van der Waals surface area contributed by atoms with E-state index in [9.17, 15) is 34.8 Å². The highest BCUT2D eigenvalue weighted by molar-refractivity contribution is 5.94. The Balaban J connectivity index is 7.07. The van der Waals surface area contributed by atoms with Gasteiger partial charge < -0.3 is 20.4 Å². The van der Waals surface area contributed by atoms with E-state index in [0.29, 0.717) is 19.3 Å². The molecule has 7 heteroatoms. The van der Waals surface area contributed by atoms with Crippen LogP contribution in [0.3, 0.4) is 0 Å². The van der Waals surface area contributed by atoms with Crippen molar-refractivity contribution < 1.29 is 34.8 Å². The van der Waals surface area contributed by atoms with Crippen molar-refractivity contribution in [2.45, 2.75) is 66.4 Å². The fraction of sp³-hybridized carbons (Fsp3) is 0.833. The predicted octanol–water partition coefficient (Wildman–Crippen LogP) is 2.71. The molecule has 146 valence electrons. The number of hydrogen-bond acceptors (Lipinski definition) is 4. The zero-order chi connectivity index (χ0) is 20.2. The monoisotopic (exact) mass is 360 g/mol. The lowest BCUT2D eigenvalue weighted by molar-refractivity contribution is -0.225. The van der Waals surface area contributed by atoms with Gasteiger partial charge in [-0.05, 0) is 17.8 Å². The highest BCUT2D eigenvalue weighted by atomic mass is 16.4. The average molecular weight is 360 g/mol. The van der Waals surface area contributed by atoms with E-state index >= 15 is 0 Å². The van der Waals surface area contributed by atoms with Crippen LogP contribution in [-0.4, -0.2) is 43.9 Å². The molecule has 0 aromatic heterocycles. The van der Waals surface area contributed by atoms with Crippen LogP contribution in [0, 0.1) is 29.1 Å². The van der Waals surface area contributed by atoms with Gasteiger partial charge in [0.1, 0.15) is 5.41 Å². The third-order valence-corrected chi connectivity index (χ3v) is 6.02. The van der Waals surface area contributed by atoms with Crippen molar-refractivity contribution in [2.24, 2.45) is 29.1 Å². The molecule has 7 nitrogen and oxygen atoms in total. The molecule has 0 saturated heterocycles. The number of carboxylic acids is 3. The first-order valence-electron chi connectivity index (χ1n) is 8.82. The van der Waals surface area contributed by atoms with Crippen LogP contribution >= 0.6 is 0 Å². The second kappa shape index (κ2) is 8.65. The summed E-state index contributed by atoms with van der Waals surface area (Å²) in [4.78, 5) is 36.5. The van der Waals surface area contributed by atoms with Gasteiger partial charge in [-0.15, -0.1) is 0 Å². The molecule has 0 aliphatic rings. The maximum atomic E-state index is 12.4. The molecular weight excluding hydrogens is 328 g/mol. The summed E-state index contributed by atoms with van der Waals surface area (Å²) in [6, 6.07) is 0. The molecule has 0 amide bonds. The van der Waals surface area contributed by atoms with Crippen molar-refractivity contribution in [3.63, 3.8) is 0 Å². The molecular formula is C18H32O7. The lowest BCUT2D eigenvalue weighted by Gasteiger charge is -2.51. The molecule has 0 aromatic carbocycles. The predicted molar refractivity (Wildman–Crippen MR) is 92.1 cm³/mol. The van der Waals surface area contributed by atoms with Crippen LogP contribution < -0.4 is 0 Å². The topological polar surface area (TPSA) is 132 Å². The second-order valence-corrected chi connectivity index (χ2v) is 7.07. The van der Waals surface area contributed by atoms with Gasteiger partial charge >= 0.3 is 17.9 Å². The summed E-state index contributed by atoms with van der Waals surface area (Å²) in [5, 5.41) is 41.0. The molecule has 5 atom stereocenters. The van der Waals surface area contributed by atoms with Gasteiger partial charge in [0.15, 0.2) is 5.60 Å². The molecule has 0 radical (unpaired) electrons. The van der Waals surface area contributed by atoms with E-state index in [1.165, 1.54) is 6.92 Å². The van der Waals surface area contributed by atoms with Gasteiger partial charge in [0, 0.05) is 0 Å². The molecule has 25 heavy (non-hydrogen) atoms. The maximum Gasteiger partial charge on any atom is 0.337 e. The van der Waals surface area contributed by atoms with Gasteiger partial charge in [-0.2, -0.15) is 0 Å². The van der Waals surface area contributed by atoms with Crippen molar-refractivity contribution in [3.05, 3.63) is 0 Å². The summed E-state index contributed by atoms with van der Waals surface area (Å²) in [5.41, 5.74) is -5.07. The minimum Gasteiger partial charge on any atom is -0.481 e. The number of rotatable bonds is 11. The molecule has 4 N–H and O–H groups in total. The van der Waals surface area contributed by atoms with Gasteiger partial charge in [0.25, 0.3) is 0 Å². The number of carbonyl (C=O) groups is 3. The van der Waals surface area contributed by atoms with Crippen LogP contribution in [0.5, 0.6) is 0 Å². The molecule has 0 spiro atoms. The Labute approximate surface area is 149 Å². The first kappa shape index (κ1) is 23.4. The van der Waals surface area contributed by atoms with Gasteiger partial charge in [-0.3, -0.25) is 9.59 Å². The summed E-state index contributed by atoms with van der Waals surface area (Å²) in [5.74, 6) is -8.73. The van der Waals surface area contributed by atoms with Crippen molar-refractivity contribution in [2.75, 3.05) is 0 Å². The molecule has 0 heterocycles. The average Bonchev–Trinajstić information content (AvgIpc) is 2.53. The summed E-state index contributed by atoms with van der Waals surface area (Å²) in [7, 11) is 0. The minimum absolute atomic E-state index is 0.291. The Morgan fingerprint density at radius 3 is 1.40 bits per heavy atom. The smallest absolute Gasteiger partial charge is 0.337 e. The Kier molecular flexibility index (Phi) is 8.08. The van der Waals surface area contributed by atoms with Crippen molar-refractivity contribution >= 4 is 17.9 Å². The molecule has 0 aliphatic carbocycles. The first-order valence-corrected chi connectivity index (χ1v) is 8.82. The van der Waals surface area contributed by atoms with E-state index in [-0.39, 0.29) is 0 Å². The van der Waals surface area contributed by atoms with Gasteiger partial charge in [0.05, 0.1) is 5.92 Å². The number of aliphatic hydroxyl groups is 1. The Bertz CT molecular complexity index is 492. The van der Waals surface area contributed by atoms with Gasteiger partial charge in [-0.25, -0.2) is 4.79 Å². The number of hydrogen-bond donors (Lipinski definition) is 4. The van der Waals surface area contributed by atoms with Gasteiger partial charge in [-0.1, -0.05) is 60.8 Å². The quantitative estimate of drug-likeness (QED) is 0.445. The summed E-state index contributed by atoms with van der Waals surface area (Å²) >= 11 is 0. The van der Waals surface area contributed by atoms with Crippen LogP contribution in [-0.2, 0) is 14.4 Å². The number of carboxylic acid groups (broad SMARTS) is 3. The lowest BCUT2D eigenvalue weighted by atomic mass is 9.51. The largest absolute Gasteiger partial charge is 0.481 e. The standard InChI is InChI=1S/C18H32O7/c1-7-10(4)13(14(19)20)18(25,16(23)24)17(15(21)22,11(5)8-2)12(6)9-3/h10-13,25H,7-9H2,1-6H3,(H,19,20)(H,21,22)(H,23,24). The van der Waals surface area contributed by atoms with Gasteiger partial charge in [0.2, 0.25) is 0 Å². The van der Waals surface area contributed by atoms with E-state index in [4.69, 9.17) is 0 Å². The third-order valence-electron chi connectivity index (χ3n) is 6.02. The first-order chi connectivity index (χ1) is 11.4. The van der Waals surface area contributed by atoms with E-state index in [1.54, 1.807) is 34.6 Å². The molecule has 5 unspecified atom stereocenters. The molecule has 0 aromatic rings. The van der Waals surface area contributed by atoms with E-state index < -0.39 is 52.6 Å². The van der Waals surface area contributed by atoms with Crippen LogP contribution in [0.25, 0.3) is 0 Å². The minimum atomic E-state index is -2.94. The summed E-state index contributed by atoms with van der Waals surface area (Å²) in [6.07, 6.45) is 0.876. The summed E-state index contributed by atoms with van der Waals surface area (Å²) in [6.45, 7) is 9.72. The molecule has 0 rings (SSSR count). The SMILES string of the molecule is CCC(C)C(C(=O)O)C(O)(C(=O)O)C(C(=O)O)(C(C)CC)C(C)CC. The van der Waals surface area contributed by atoms with Crippen molar-refractivity contribution in [1.29, 1.82) is 0 Å². The van der Waals surface area contributed by atoms with E-state index in [2.05, 4.69) is 0 Å². The zero-order valence-electron chi connectivity index (χ0n) is 15.9. The fourth-order valence-electron chi connectivity index (χ4n) is 4.10. The summed E-state index contributed by atoms with van der Waals surface area (Å²) < 4.78 is 0. The Hall–Kier alpha value is -1.63. The lowest BCUT2D eigenvalue weighted by Crippen LogP contribution is -2.69. The molecule has 0 aliphatic heterocycles. The van der Waals surface area contributed by atoms with Crippen molar-refractivity contribution in [1.82, 2.24) is 0 Å². The van der Waals surface area contributed by atoms with E-state index in [1.807, 2.05) is 0 Å². The normalized spacial score (nSPS) is 21.2. The number of aliphatic carboxylic acids is 3. The highest BCUT2D eigenvalue weighted by Crippen LogP contribution is 2.53. The third kappa shape index (κ3) is 3.52. The van der Waals surface area contributed by atoms with Crippen LogP contribution in [0.2, 0.25) is 0 Å². The zero-order valence-corrected chi connectivity index (χ0v) is 15.9. The Morgan fingerprint density at radius 2 is 1.20 bits per heavy atom. The fourth-order valence-corrected chi connectivity index (χ4v) is 4.10. The van der Waals surface area contributed by atoms with Crippen LogP contribution in [0.1, 0.15) is 60.8 Å². The second-order valence-electron chi connectivity index (χ2n) is 7.07. The van der Waals surface area contributed by atoms with Crippen molar-refractivity contribution in [3.8, 4) is 0 Å². The Morgan fingerprint density at radius 1 is 0.800 bits per heavy atom. The molecule has 0 fully saturated rings. The van der Waals surface area contributed by atoms with Crippen LogP contribution in [0.15, 0.2) is 0 Å². The highest BCUT2D eigenvalue weighted by Gasteiger charge is 2.70. The molecule has 0 saturated carbocycles. The van der Waals surface area contributed by atoms with E-state index in [0.717, 1.165) is 0 Å². The maximum absolute atomic E-state index is 12.4. The van der Waals surface area contributed by atoms with Crippen LogP contribution in [0.4, 0.5) is 0 Å².